The molecule has 0 aliphatic carbocycles. The second kappa shape index (κ2) is 18.7. The van der Waals surface area contributed by atoms with E-state index in [0.717, 1.165) is 42.6 Å². The van der Waals surface area contributed by atoms with Crippen molar-refractivity contribution in [3.8, 4) is 31.4 Å². The monoisotopic (exact) mass is 826 g/mol. The normalized spacial score (nSPS) is 10.0. The molecule has 52 heavy (non-hydrogen) atoms. The SMILES string of the molecule is OB(O)c1ccncc1.[C-]#[N+]c1cc(-c2nc(C)c(C(=O)O)[se]2)ccc1-c1ccncc1.[C-]#[N+]c1cc(-c2nc(C)c(C(=O)OCC)[se]2)ccc1C. The van der Waals surface area contributed by atoms with Gasteiger partial charge in [0, 0.05) is 12.4 Å². The summed E-state index contributed by atoms with van der Waals surface area (Å²) in [5.41, 5.74) is 7.33. The third kappa shape index (κ3) is 10.1. The molecule has 4 heterocycles. The second-order valence-electron chi connectivity index (χ2n) is 10.7. The molecule has 12 nitrogen and oxygen atoms in total. The van der Waals surface area contributed by atoms with Gasteiger partial charge in [-0.1, -0.05) is 0 Å². The summed E-state index contributed by atoms with van der Waals surface area (Å²) in [5, 5.41) is 26.3. The average molecular weight is 824 g/mol. The summed E-state index contributed by atoms with van der Waals surface area (Å²) in [6, 6.07) is 18.1. The third-order valence-corrected chi connectivity index (χ3v) is 12.2. The number of hydrogen-bond donors (Lipinski definition) is 3. The van der Waals surface area contributed by atoms with Crippen molar-refractivity contribution in [3.05, 3.63) is 134 Å². The van der Waals surface area contributed by atoms with E-state index in [9.17, 15) is 14.7 Å². The van der Waals surface area contributed by atoms with E-state index in [0.29, 0.717) is 38.0 Å². The van der Waals surface area contributed by atoms with E-state index < -0.39 is 13.1 Å². The predicted molar refractivity (Wildman–Crippen MR) is 200 cm³/mol. The molecule has 2 aromatic carbocycles. The number of carboxylic acid groups (broad SMARTS) is 1. The van der Waals surface area contributed by atoms with Crippen LogP contribution in [0.2, 0.25) is 0 Å². The van der Waals surface area contributed by atoms with E-state index in [4.69, 9.17) is 27.9 Å². The molecule has 0 aliphatic heterocycles. The van der Waals surface area contributed by atoms with Gasteiger partial charge in [-0.25, -0.2) is 0 Å². The van der Waals surface area contributed by atoms with Gasteiger partial charge in [0.2, 0.25) is 0 Å². The summed E-state index contributed by atoms with van der Waals surface area (Å²) in [6.07, 6.45) is 6.39. The maximum absolute atomic E-state index is 11.8. The van der Waals surface area contributed by atoms with Crippen molar-refractivity contribution in [2.24, 2.45) is 0 Å². The molecular weight excluding hydrogens is 793 g/mol. The predicted octanol–water partition coefficient (Wildman–Crippen LogP) is 5.34. The number of aryl methyl sites for hydroxylation is 3. The Bertz CT molecular complexity index is 2260. The van der Waals surface area contributed by atoms with Crippen molar-refractivity contribution >= 4 is 64.9 Å². The molecule has 0 aliphatic rings. The zero-order valence-electron chi connectivity index (χ0n) is 28.4. The zero-order valence-corrected chi connectivity index (χ0v) is 31.9. The Kier molecular flexibility index (Phi) is 14.1. The number of nitrogens with zero attached hydrogens (tertiary/aromatic N) is 6. The minimum atomic E-state index is -1.38. The molecule has 6 aromatic rings. The molecule has 0 radical (unpaired) electrons. The van der Waals surface area contributed by atoms with Crippen LogP contribution < -0.4 is 5.46 Å². The molecule has 0 atom stereocenters. The van der Waals surface area contributed by atoms with E-state index in [-0.39, 0.29) is 35.0 Å². The van der Waals surface area contributed by atoms with Gasteiger partial charge in [-0.3, -0.25) is 4.98 Å². The summed E-state index contributed by atoms with van der Waals surface area (Å²) in [5.74, 6) is -1.19. The van der Waals surface area contributed by atoms with Crippen LogP contribution in [0.5, 0.6) is 0 Å². The fourth-order valence-corrected chi connectivity index (χ4v) is 8.45. The van der Waals surface area contributed by atoms with Gasteiger partial charge in [-0.2, -0.15) is 0 Å². The number of hydrogen-bond acceptors (Lipinski definition) is 9. The number of carbonyl (C=O) groups excluding carboxylic acids is 1. The third-order valence-electron chi connectivity index (χ3n) is 7.19. The molecule has 6 rings (SSSR count). The average Bonchev–Trinajstić information content (AvgIpc) is 3.75. The van der Waals surface area contributed by atoms with Gasteiger partial charge in [-0.05, 0) is 17.6 Å². The van der Waals surface area contributed by atoms with Crippen molar-refractivity contribution in [1.29, 1.82) is 0 Å². The Morgan fingerprint density at radius 3 is 1.77 bits per heavy atom. The van der Waals surface area contributed by atoms with Crippen LogP contribution in [0.25, 0.3) is 41.1 Å². The Hall–Kier alpha value is -5.50. The summed E-state index contributed by atoms with van der Waals surface area (Å²) in [7, 11) is -1.38. The number of aromatic nitrogens is 4. The van der Waals surface area contributed by atoms with E-state index >= 15 is 0 Å². The van der Waals surface area contributed by atoms with Crippen LogP contribution in [-0.4, -0.2) is 89.8 Å². The van der Waals surface area contributed by atoms with Gasteiger partial charge in [0.05, 0.1) is 0 Å². The van der Waals surface area contributed by atoms with Gasteiger partial charge in [0.1, 0.15) is 0 Å². The number of esters is 1. The van der Waals surface area contributed by atoms with Crippen LogP contribution in [0.4, 0.5) is 11.4 Å². The van der Waals surface area contributed by atoms with Crippen LogP contribution in [-0.2, 0) is 4.74 Å². The molecule has 0 saturated carbocycles. The first-order chi connectivity index (χ1) is 25.0. The maximum atomic E-state index is 11.8. The number of rotatable bonds is 7. The first-order valence-electron chi connectivity index (χ1n) is 15.5. The Balaban J connectivity index is 0.000000190. The fraction of sp³-hybridized carbons (Fsp3) is 0.135. The van der Waals surface area contributed by atoms with E-state index in [1.165, 1.54) is 12.4 Å². The van der Waals surface area contributed by atoms with Crippen LogP contribution in [0, 0.1) is 33.9 Å². The zero-order chi connectivity index (χ0) is 37.8. The molecule has 0 bridgehead atoms. The Morgan fingerprint density at radius 2 is 1.27 bits per heavy atom. The number of benzene rings is 2. The molecule has 4 aromatic heterocycles. The second-order valence-corrected chi connectivity index (χ2v) is 14.9. The van der Waals surface area contributed by atoms with Crippen LogP contribution in [0.15, 0.2) is 85.5 Å². The van der Waals surface area contributed by atoms with E-state index in [1.54, 1.807) is 44.4 Å². The molecule has 3 N–H and O–H groups in total. The van der Waals surface area contributed by atoms with Gasteiger partial charge in [0.15, 0.2) is 0 Å². The molecular formula is C37H31BN6O6Se2. The topological polar surface area (TPSA) is 164 Å². The summed E-state index contributed by atoms with van der Waals surface area (Å²) in [6.45, 7) is 22.2. The molecule has 260 valence electrons. The molecule has 0 fully saturated rings. The van der Waals surface area contributed by atoms with Crippen molar-refractivity contribution in [2.75, 3.05) is 6.61 Å². The summed E-state index contributed by atoms with van der Waals surface area (Å²) in [4.78, 5) is 46.6. The van der Waals surface area contributed by atoms with Gasteiger partial charge in [-0.15, -0.1) is 0 Å². The van der Waals surface area contributed by atoms with Gasteiger partial charge in [0.25, 0.3) is 0 Å². The van der Waals surface area contributed by atoms with Crippen LogP contribution in [0.3, 0.4) is 0 Å². The first-order valence-corrected chi connectivity index (χ1v) is 18.9. The number of pyridine rings is 2. The number of carbonyl (C=O) groups is 2. The standard InChI is InChI=1S/C17H11N3O2Se.C15H14N2O2Se.C5H6BNO2/c1-10-15(17(21)22)23-16(20-10)12-3-4-13(14(9-12)18-2)11-5-7-19-8-6-11;1-5-19-15(18)13-10(3)17-14(20-13)11-7-6-9(2)12(8-11)16-4;8-6(9)5-1-3-7-4-2-5/h3-9H,1H3,(H,21,22);6-8H,5H2,1-3H3;1-4,8-9H. The first kappa shape index (κ1) is 39.3. The van der Waals surface area contributed by atoms with Crippen molar-refractivity contribution in [2.45, 2.75) is 27.7 Å². The molecule has 0 amide bonds. The van der Waals surface area contributed by atoms with E-state index in [2.05, 4.69) is 29.6 Å². The van der Waals surface area contributed by atoms with Crippen molar-refractivity contribution in [1.82, 2.24) is 19.9 Å². The molecule has 0 unspecified atom stereocenters. The van der Waals surface area contributed by atoms with Gasteiger partial charge < -0.3 is 10.0 Å². The van der Waals surface area contributed by atoms with Crippen LogP contribution >= 0.6 is 0 Å². The van der Waals surface area contributed by atoms with E-state index in [1.807, 2.05) is 56.3 Å². The molecule has 0 spiro atoms. The van der Waals surface area contributed by atoms with Crippen molar-refractivity contribution in [3.63, 3.8) is 0 Å². The fourth-order valence-electron chi connectivity index (χ4n) is 4.56. The minimum absolute atomic E-state index is 0.162. The number of ether oxygens (including phenoxy) is 1. The quantitative estimate of drug-likeness (QED) is 0.109. The number of carboxylic acids is 1. The van der Waals surface area contributed by atoms with Crippen LogP contribution in [0.1, 0.15) is 42.3 Å². The molecule has 0 saturated heterocycles. The number of aromatic carboxylic acids is 1. The molecule has 15 heteroatoms. The Labute approximate surface area is 312 Å². The Morgan fingerprint density at radius 1 is 0.750 bits per heavy atom. The van der Waals surface area contributed by atoms with Crippen molar-refractivity contribution < 1.29 is 29.5 Å². The summed E-state index contributed by atoms with van der Waals surface area (Å²) >= 11 is -0.502. The van der Waals surface area contributed by atoms with Gasteiger partial charge >= 0.3 is 269 Å². The summed E-state index contributed by atoms with van der Waals surface area (Å²) < 4.78 is 7.70.